The molecule has 0 atom stereocenters. The van der Waals surface area contributed by atoms with Crippen LogP contribution in [0.4, 0.5) is 5.69 Å². The lowest BCUT2D eigenvalue weighted by Crippen LogP contribution is -2.28. The molecule has 1 aromatic rings. The Bertz CT molecular complexity index is 380. The van der Waals surface area contributed by atoms with Crippen LogP contribution in [0, 0.1) is 0 Å². The molecular weight excluding hydrogens is 228 g/mol. The van der Waals surface area contributed by atoms with Gasteiger partial charge in [0, 0.05) is 20.2 Å². The van der Waals surface area contributed by atoms with Crippen molar-refractivity contribution in [1.29, 1.82) is 0 Å². The minimum absolute atomic E-state index is 0.00751. The van der Waals surface area contributed by atoms with Crippen LogP contribution in [0.25, 0.3) is 0 Å². The van der Waals surface area contributed by atoms with E-state index in [1.807, 2.05) is 0 Å². The zero-order valence-electron chi connectivity index (χ0n) is 9.58. The number of amides is 1. The summed E-state index contributed by atoms with van der Waals surface area (Å²) in [5.74, 6) is 0.682. The molecule has 0 radical (unpaired) electrons. The maximum atomic E-state index is 11.3. The Kier molecular flexibility index (Phi) is 4.43. The summed E-state index contributed by atoms with van der Waals surface area (Å²) >= 11 is 6.00. The van der Waals surface area contributed by atoms with Crippen molar-refractivity contribution in [2.75, 3.05) is 33.1 Å². The molecule has 5 heteroatoms. The lowest BCUT2D eigenvalue weighted by molar-refractivity contribution is -0.126. The summed E-state index contributed by atoms with van der Waals surface area (Å²) in [6.07, 6.45) is 0. The largest absolute Gasteiger partial charge is 0.497 e. The first-order chi connectivity index (χ1) is 7.54. The van der Waals surface area contributed by atoms with Gasteiger partial charge in [-0.15, -0.1) is 0 Å². The van der Waals surface area contributed by atoms with Crippen molar-refractivity contribution < 1.29 is 9.53 Å². The van der Waals surface area contributed by atoms with Gasteiger partial charge in [0.1, 0.15) is 5.75 Å². The summed E-state index contributed by atoms with van der Waals surface area (Å²) in [6, 6.07) is 5.27. The van der Waals surface area contributed by atoms with Crippen LogP contribution in [0.2, 0.25) is 5.02 Å². The van der Waals surface area contributed by atoms with Gasteiger partial charge in [0.05, 0.1) is 24.4 Å². The van der Waals surface area contributed by atoms with E-state index in [9.17, 15) is 4.79 Å². The minimum Gasteiger partial charge on any atom is -0.497 e. The molecular formula is C11H15ClN2O2. The average Bonchev–Trinajstić information content (AvgIpc) is 2.26. The molecule has 0 bridgehead atoms. The van der Waals surface area contributed by atoms with E-state index < -0.39 is 0 Å². The van der Waals surface area contributed by atoms with Gasteiger partial charge in [0.15, 0.2) is 0 Å². The maximum absolute atomic E-state index is 11.3. The molecule has 4 nitrogen and oxygen atoms in total. The number of nitrogens with one attached hydrogen (secondary N) is 1. The van der Waals surface area contributed by atoms with E-state index in [0.717, 1.165) is 5.69 Å². The quantitative estimate of drug-likeness (QED) is 0.876. The Labute approximate surface area is 100 Å². The topological polar surface area (TPSA) is 41.6 Å². The summed E-state index contributed by atoms with van der Waals surface area (Å²) < 4.78 is 5.03. The lowest BCUT2D eigenvalue weighted by Gasteiger charge is -2.13. The van der Waals surface area contributed by atoms with Crippen molar-refractivity contribution in [3.63, 3.8) is 0 Å². The number of hydrogen-bond acceptors (Lipinski definition) is 3. The van der Waals surface area contributed by atoms with E-state index >= 15 is 0 Å². The van der Waals surface area contributed by atoms with Gasteiger partial charge < -0.3 is 15.0 Å². The molecule has 0 aliphatic heterocycles. The fraction of sp³-hybridized carbons (Fsp3) is 0.364. The van der Waals surface area contributed by atoms with Crippen molar-refractivity contribution in [2.45, 2.75) is 0 Å². The van der Waals surface area contributed by atoms with Crippen LogP contribution in [0.1, 0.15) is 0 Å². The van der Waals surface area contributed by atoms with E-state index in [1.54, 1.807) is 39.4 Å². The predicted molar refractivity (Wildman–Crippen MR) is 65.2 cm³/mol. The summed E-state index contributed by atoms with van der Waals surface area (Å²) in [5, 5.41) is 3.50. The number of anilines is 1. The van der Waals surface area contributed by atoms with Crippen molar-refractivity contribution in [1.82, 2.24) is 4.90 Å². The van der Waals surface area contributed by atoms with Crippen molar-refractivity contribution >= 4 is 23.2 Å². The summed E-state index contributed by atoms with van der Waals surface area (Å²) in [4.78, 5) is 12.9. The Morgan fingerprint density at radius 3 is 2.69 bits per heavy atom. The third-order valence-corrected chi connectivity index (χ3v) is 2.42. The Morgan fingerprint density at radius 2 is 2.19 bits per heavy atom. The summed E-state index contributed by atoms with van der Waals surface area (Å²) in [6.45, 7) is 0.221. The molecule has 0 unspecified atom stereocenters. The first kappa shape index (κ1) is 12.6. The number of rotatable bonds is 4. The summed E-state index contributed by atoms with van der Waals surface area (Å²) in [5.41, 5.74) is 0.720. The van der Waals surface area contributed by atoms with Gasteiger partial charge in [-0.3, -0.25) is 4.79 Å². The zero-order valence-corrected chi connectivity index (χ0v) is 10.3. The van der Waals surface area contributed by atoms with Gasteiger partial charge in [-0.2, -0.15) is 0 Å². The molecule has 16 heavy (non-hydrogen) atoms. The number of likely N-dealkylation sites (N-methyl/N-ethyl adjacent to an activating group) is 1. The van der Waals surface area contributed by atoms with Gasteiger partial charge >= 0.3 is 0 Å². The fourth-order valence-corrected chi connectivity index (χ4v) is 1.33. The van der Waals surface area contributed by atoms with E-state index in [1.165, 1.54) is 4.90 Å². The number of hydrogen-bond donors (Lipinski definition) is 1. The highest BCUT2D eigenvalue weighted by molar-refractivity contribution is 6.33. The first-order valence-electron chi connectivity index (χ1n) is 4.82. The van der Waals surface area contributed by atoms with Crippen molar-refractivity contribution in [2.24, 2.45) is 0 Å². The second-order valence-electron chi connectivity index (χ2n) is 3.49. The van der Waals surface area contributed by atoms with Crippen molar-refractivity contribution in [3.8, 4) is 5.75 Å². The average molecular weight is 243 g/mol. The third kappa shape index (κ3) is 3.31. The van der Waals surface area contributed by atoms with E-state index in [0.29, 0.717) is 10.8 Å². The molecule has 1 aromatic carbocycles. The monoisotopic (exact) mass is 242 g/mol. The highest BCUT2D eigenvalue weighted by Gasteiger charge is 2.06. The second kappa shape index (κ2) is 5.61. The smallest absolute Gasteiger partial charge is 0.241 e. The number of benzene rings is 1. The number of carbonyl (C=O) groups excluding carboxylic acids is 1. The van der Waals surface area contributed by atoms with Gasteiger partial charge in [0.25, 0.3) is 0 Å². The van der Waals surface area contributed by atoms with Crippen LogP contribution in [-0.2, 0) is 4.79 Å². The normalized spacial score (nSPS) is 9.75. The highest BCUT2D eigenvalue weighted by Crippen LogP contribution is 2.26. The molecule has 0 saturated heterocycles. The Morgan fingerprint density at radius 1 is 1.50 bits per heavy atom. The van der Waals surface area contributed by atoms with E-state index in [2.05, 4.69) is 5.32 Å². The van der Waals surface area contributed by atoms with Crippen LogP contribution in [0.5, 0.6) is 5.75 Å². The molecule has 0 aromatic heterocycles. The third-order valence-electron chi connectivity index (χ3n) is 2.11. The predicted octanol–water partition coefficient (Wildman–Crippen LogP) is 1.85. The summed E-state index contributed by atoms with van der Waals surface area (Å²) in [7, 11) is 4.99. The molecule has 1 amide bonds. The van der Waals surface area contributed by atoms with Gasteiger partial charge in [0.2, 0.25) is 5.91 Å². The SMILES string of the molecule is COc1ccc(NCC(=O)N(C)C)c(Cl)c1. The first-order valence-corrected chi connectivity index (χ1v) is 5.20. The van der Waals surface area contributed by atoms with Crippen LogP contribution >= 0.6 is 11.6 Å². The molecule has 0 heterocycles. The number of nitrogens with zero attached hydrogens (tertiary/aromatic N) is 1. The van der Waals surface area contributed by atoms with Crippen LogP contribution in [0.15, 0.2) is 18.2 Å². The molecule has 0 aliphatic carbocycles. The highest BCUT2D eigenvalue weighted by atomic mass is 35.5. The van der Waals surface area contributed by atoms with Crippen molar-refractivity contribution in [3.05, 3.63) is 23.2 Å². The van der Waals surface area contributed by atoms with Gasteiger partial charge in [-0.25, -0.2) is 0 Å². The van der Waals surface area contributed by atoms with Gasteiger partial charge in [-0.05, 0) is 12.1 Å². The molecule has 0 fully saturated rings. The molecule has 0 saturated carbocycles. The van der Waals surface area contributed by atoms with E-state index in [4.69, 9.17) is 16.3 Å². The van der Waals surface area contributed by atoms with Gasteiger partial charge in [-0.1, -0.05) is 11.6 Å². The fourth-order valence-electron chi connectivity index (χ4n) is 1.10. The maximum Gasteiger partial charge on any atom is 0.241 e. The molecule has 0 spiro atoms. The number of halogens is 1. The molecule has 1 N–H and O–H groups in total. The number of carbonyl (C=O) groups is 1. The van der Waals surface area contributed by atoms with E-state index in [-0.39, 0.29) is 12.5 Å². The minimum atomic E-state index is -0.00751. The number of methoxy groups -OCH3 is 1. The van der Waals surface area contributed by atoms with Crippen LogP contribution in [-0.4, -0.2) is 38.6 Å². The second-order valence-corrected chi connectivity index (χ2v) is 3.89. The number of ether oxygens (including phenoxy) is 1. The Hall–Kier alpha value is -1.42. The molecule has 88 valence electrons. The molecule has 1 rings (SSSR count). The van der Waals surface area contributed by atoms with Crippen LogP contribution in [0.3, 0.4) is 0 Å². The van der Waals surface area contributed by atoms with Crippen LogP contribution < -0.4 is 10.1 Å². The molecule has 0 aliphatic rings. The standard InChI is InChI=1S/C11H15ClN2O2/c1-14(2)11(15)7-13-10-5-4-8(16-3)6-9(10)12/h4-6,13H,7H2,1-3H3. The Balaban J connectivity index is 2.64. The zero-order chi connectivity index (χ0) is 12.1. The lowest BCUT2D eigenvalue weighted by atomic mass is 10.3.